The third-order valence-corrected chi connectivity index (χ3v) is 3.67. The van der Waals surface area contributed by atoms with Crippen molar-refractivity contribution in [3.05, 3.63) is 0 Å². The van der Waals surface area contributed by atoms with Crippen LogP contribution in [0, 0.1) is 17.3 Å². The lowest BCUT2D eigenvalue weighted by Crippen LogP contribution is -2.22. The molecule has 0 radical (unpaired) electrons. The zero-order chi connectivity index (χ0) is 9.47. The van der Waals surface area contributed by atoms with Crippen LogP contribution in [-0.2, 0) is 9.59 Å². The van der Waals surface area contributed by atoms with E-state index in [1.165, 1.54) is 12.8 Å². The highest BCUT2D eigenvalue weighted by atomic mass is 16.4. The fraction of sp³-hybridized carbons (Fsp3) is 0.800. The largest absolute Gasteiger partial charge is 0.481 e. The lowest BCUT2D eigenvalue weighted by atomic mass is 9.77. The van der Waals surface area contributed by atoms with Crippen LogP contribution in [-0.4, -0.2) is 17.4 Å². The van der Waals surface area contributed by atoms with E-state index < -0.39 is 11.4 Å². The first-order chi connectivity index (χ1) is 6.15. The fourth-order valence-corrected chi connectivity index (χ4v) is 2.89. The van der Waals surface area contributed by atoms with Gasteiger partial charge in [0.1, 0.15) is 6.29 Å². The van der Waals surface area contributed by atoms with Crippen molar-refractivity contribution in [1.82, 2.24) is 0 Å². The highest BCUT2D eigenvalue weighted by Crippen LogP contribution is 2.55. The molecule has 2 saturated carbocycles. The standard InChI is InChI=1S/C10H14O3/c11-6-10(5-9(12)13)3-7-1-2-8(7)4-10/h6-8H,1-5H2,(H,12,13)/t7-,8+,10-. The van der Waals surface area contributed by atoms with E-state index in [0.717, 1.165) is 19.1 Å². The first kappa shape index (κ1) is 8.73. The van der Waals surface area contributed by atoms with Gasteiger partial charge in [0.05, 0.1) is 6.42 Å². The summed E-state index contributed by atoms with van der Waals surface area (Å²) in [6, 6.07) is 0. The van der Waals surface area contributed by atoms with E-state index in [2.05, 4.69) is 0 Å². The Morgan fingerprint density at radius 3 is 2.23 bits per heavy atom. The molecule has 2 rings (SSSR count). The first-order valence-corrected chi connectivity index (χ1v) is 4.83. The second-order valence-corrected chi connectivity index (χ2v) is 4.56. The SMILES string of the molecule is O=C[C@]1(CC(=O)O)C[C@H]2CC[C@H]2C1. The Labute approximate surface area is 77.1 Å². The number of hydrogen-bond acceptors (Lipinski definition) is 2. The van der Waals surface area contributed by atoms with Gasteiger partial charge in [-0.2, -0.15) is 0 Å². The van der Waals surface area contributed by atoms with Gasteiger partial charge in [0.15, 0.2) is 0 Å². The number of carbonyl (C=O) groups is 2. The number of rotatable bonds is 3. The Balaban J connectivity index is 2.08. The van der Waals surface area contributed by atoms with Crippen LogP contribution in [0.5, 0.6) is 0 Å². The summed E-state index contributed by atoms with van der Waals surface area (Å²) < 4.78 is 0. The molecule has 2 aliphatic carbocycles. The van der Waals surface area contributed by atoms with Gasteiger partial charge in [-0.1, -0.05) is 0 Å². The number of hydrogen-bond donors (Lipinski definition) is 1. The highest BCUT2D eigenvalue weighted by molar-refractivity contribution is 5.74. The van der Waals surface area contributed by atoms with Gasteiger partial charge in [-0.15, -0.1) is 0 Å². The van der Waals surface area contributed by atoms with Crippen LogP contribution in [0.4, 0.5) is 0 Å². The molecule has 0 unspecified atom stereocenters. The lowest BCUT2D eigenvalue weighted by molar-refractivity contribution is -0.141. The monoisotopic (exact) mass is 182 g/mol. The summed E-state index contributed by atoms with van der Waals surface area (Å²) in [5.41, 5.74) is -0.516. The number of aldehydes is 1. The van der Waals surface area contributed by atoms with E-state index in [1.54, 1.807) is 0 Å². The summed E-state index contributed by atoms with van der Waals surface area (Å²) in [5, 5.41) is 8.70. The quantitative estimate of drug-likeness (QED) is 0.672. The summed E-state index contributed by atoms with van der Waals surface area (Å²) in [4.78, 5) is 21.5. The van der Waals surface area contributed by atoms with E-state index in [-0.39, 0.29) is 6.42 Å². The topological polar surface area (TPSA) is 54.4 Å². The van der Waals surface area contributed by atoms with Gasteiger partial charge in [-0.3, -0.25) is 4.79 Å². The number of carboxylic acid groups (broad SMARTS) is 1. The number of aliphatic carboxylic acids is 1. The molecule has 2 aliphatic rings. The Hall–Kier alpha value is -0.860. The smallest absolute Gasteiger partial charge is 0.304 e. The maximum atomic E-state index is 10.9. The molecule has 3 heteroatoms. The van der Waals surface area contributed by atoms with Crippen LogP contribution in [0.3, 0.4) is 0 Å². The molecular formula is C10H14O3. The fourth-order valence-electron chi connectivity index (χ4n) is 2.89. The first-order valence-electron chi connectivity index (χ1n) is 4.83. The van der Waals surface area contributed by atoms with E-state index in [4.69, 9.17) is 5.11 Å². The minimum atomic E-state index is -0.839. The molecule has 0 spiro atoms. The summed E-state index contributed by atoms with van der Waals surface area (Å²) >= 11 is 0. The molecular weight excluding hydrogens is 168 g/mol. The second-order valence-electron chi connectivity index (χ2n) is 4.56. The van der Waals surface area contributed by atoms with Crippen molar-refractivity contribution >= 4 is 12.3 Å². The number of carbonyl (C=O) groups excluding carboxylic acids is 1. The van der Waals surface area contributed by atoms with E-state index >= 15 is 0 Å². The van der Waals surface area contributed by atoms with Gasteiger partial charge >= 0.3 is 5.97 Å². The van der Waals surface area contributed by atoms with Gasteiger partial charge in [0, 0.05) is 5.41 Å². The average molecular weight is 182 g/mol. The Kier molecular flexibility index (Phi) is 1.90. The van der Waals surface area contributed by atoms with Gasteiger partial charge in [0.2, 0.25) is 0 Å². The molecule has 2 fully saturated rings. The van der Waals surface area contributed by atoms with E-state index in [0.29, 0.717) is 11.8 Å². The summed E-state index contributed by atoms with van der Waals surface area (Å²) in [6.07, 6.45) is 4.93. The molecule has 3 atom stereocenters. The normalized spacial score (nSPS) is 42.2. The van der Waals surface area contributed by atoms with Crippen LogP contribution in [0.25, 0.3) is 0 Å². The third-order valence-electron chi connectivity index (χ3n) is 3.67. The molecule has 72 valence electrons. The molecule has 0 amide bonds. The van der Waals surface area contributed by atoms with Crippen LogP contribution < -0.4 is 0 Å². The molecule has 1 N–H and O–H groups in total. The zero-order valence-electron chi connectivity index (χ0n) is 7.53. The maximum Gasteiger partial charge on any atom is 0.304 e. The van der Waals surface area contributed by atoms with Crippen LogP contribution in [0.15, 0.2) is 0 Å². The summed E-state index contributed by atoms with van der Waals surface area (Å²) in [7, 11) is 0. The van der Waals surface area contributed by atoms with Gasteiger partial charge in [0.25, 0.3) is 0 Å². The van der Waals surface area contributed by atoms with Crippen molar-refractivity contribution in [2.75, 3.05) is 0 Å². The highest BCUT2D eigenvalue weighted by Gasteiger charge is 2.49. The lowest BCUT2D eigenvalue weighted by Gasteiger charge is -2.29. The molecule has 0 aliphatic heterocycles. The van der Waals surface area contributed by atoms with Gasteiger partial charge in [-0.25, -0.2) is 0 Å². The summed E-state index contributed by atoms with van der Waals surface area (Å²) in [5.74, 6) is 0.447. The Morgan fingerprint density at radius 2 is 1.92 bits per heavy atom. The van der Waals surface area contributed by atoms with E-state index in [1.807, 2.05) is 0 Å². The third kappa shape index (κ3) is 1.36. The number of fused-ring (bicyclic) bond motifs is 1. The van der Waals surface area contributed by atoms with Gasteiger partial charge < -0.3 is 9.90 Å². The van der Waals surface area contributed by atoms with Crippen molar-refractivity contribution in [3.8, 4) is 0 Å². The molecule has 0 aromatic carbocycles. The number of carboxylic acids is 1. The Morgan fingerprint density at radius 1 is 1.38 bits per heavy atom. The molecule has 0 saturated heterocycles. The minimum absolute atomic E-state index is 0.0312. The van der Waals surface area contributed by atoms with Crippen LogP contribution in [0.2, 0.25) is 0 Å². The molecule has 0 aromatic rings. The van der Waals surface area contributed by atoms with Crippen molar-refractivity contribution in [3.63, 3.8) is 0 Å². The predicted molar refractivity (Wildman–Crippen MR) is 46.2 cm³/mol. The molecule has 0 aromatic heterocycles. The molecule has 13 heavy (non-hydrogen) atoms. The zero-order valence-corrected chi connectivity index (χ0v) is 7.53. The van der Waals surface area contributed by atoms with Crippen molar-refractivity contribution in [2.45, 2.75) is 32.1 Å². The summed E-state index contributed by atoms with van der Waals surface area (Å²) in [6.45, 7) is 0. The predicted octanol–water partition coefficient (Wildman–Crippen LogP) is 1.47. The molecule has 0 bridgehead atoms. The maximum absolute atomic E-state index is 10.9. The molecule has 3 nitrogen and oxygen atoms in total. The molecule has 0 heterocycles. The average Bonchev–Trinajstić information content (AvgIpc) is 2.28. The van der Waals surface area contributed by atoms with E-state index in [9.17, 15) is 9.59 Å². The van der Waals surface area contributed by atoms with Crippen molar-refractivity contribution in [2.24, 2.45) is 17.3 Å². The second kappa shape index (κ2) is 2.82. The van der Waals surface area contributed by atoms with Gasteiger partial charge in [-0.05, 0) is 37.5 Å². The minimum Gasteiger partial charge on any atom is -0.481 e. The van der Waals surface area contributed by atoms with Crippen molar-refractivity contribution < 1.29 is 14.7 Å². The van der Waals surface area contributed by atoms with Crippen LogP contribution in [0.1, 0.15) is 32.1 Å². The van der Waals surface area contributed by atoms with Crippen LogP contribution >= 0.6 is 0 Å². The van der Waals surface area contributed by atoms with Crippen molar-refractivity contribution in [1.29, 1.82) is 0 Å². The Bertz CT molecular complexity index is 235.